The van der Waals surface area contributed by atoms with Gasteiger partial charge < -0.3 is 10.5 Å². The molecule has 0 amide bonds. The molecule has 0 bridgehead atoms. The van der Waals surface area contributed by atoms with Gasteiger partial charge in [0.25, 0.3) is 0 Å². The number of allylic oxidation sites excluding steroid dienone is 3. The number of nitrogens with zero attached hydrogens (tertiary/aromatic N) is 3. The minimum atomic E-state index is 0.137. The summed E-state index contributed by atoms with van der Waals surface area (Å²) in [5, 5.41) is 20.3. The summed E-state index contributed by atoms with van der Waals surface area (Å²) < 4.78 is 5.85. The van der Waals surface area contributed by atoms with Crippen LogP contribution in [0.5, 0.6) is 5.75 Å². The van der Waals surface area contributed by atoms with Crippen LogP contribution in [0.3, 0.4) is 0 Å². The number of fused-ring (bicyclic) bond motifs is 1. The molecule has 4 rings (SSSR count). The summed E-state index contributed by atoms with van der Waals surface area (Å²) in [6.07, 6.45) is 1.98. The van der Waals surface area contributed by atoms with Gasteiger partial charge in [0.05, 0.1) is 16.8 Å². The van der Waals surface area contributed by atoms with Crippen molar-refractivity contribution in [2.45, 2.75) is 20.5 Å². The van der Waals surface area contributed by atoms with Gasteiger partial charge in [-0.2, -0.15) is 10.5 Å². The van der Waals surface area contributed by atoms with Crippen molar-refractivity contribution in [3.63, 3.8) is 0 Å². The molecule has 7 heteroatoms. The van der Waals surface area contributed by atoms with E-state index in [2.05, 4.69) is 17.1 Å². The zero-order chi connectivity index (χ0) is 23.7. The number of nitrogen functional groups attached to an aromatic ring is 1. The summed E-state index contributed by atoms with van der Waals surface area (Å²) in [5.74, 6) is 0.829. The SMILES string of the molecule is CC1=C(C#N)c2nc(N)c(C#N)c(C)c2/C1=C/c1ccc(OCc2ccc(Cl)cc2Cl)cc1. The number of halogens is 2. The molecular formula is C26H18Cl2N4O. The number of hydrogen-bond acceptors (Lipinski definition) is 5. The van der Waals surface area contributed by atoms with Gasteiger partial charge in [-0.25, -0.2) is 4.98 Å². The summed E-state index contributed by atoms with van der Waals surface area (Å²) in [7, 11) is 0. The van der Waals surface area contributed by atoms with Crippen LogP contribution in [0.15, 0.2) is 48.0 Å². The number of nitriles is 2. The third kappa shape index (κ3) is 4.17. The van der Waals surface area contributed by atoms with Crippen LogP contribution >= 0.6 is 23.2 Å². The van der Waals surface area contributed by atoms with E-state index in [-0.39, 0.29) is 5.82 Å². The zero-order valence-corrected chi connectivity index (χ0v) is 19.4. The molecule has 1 aromatic heterocycles. The summed E-state index contributed by atoms with van der Waals surface area (Å²) in [4.78, 5) is 4.35. The fraction of sp³-hybridized carbons (Fsp3) is 0.115. The first-order chi connectivity index (χ1) is 15.8. The Morgan fingerprint density at radius 2 is 1.79 bits per heavy atom. The van der Waals surface area contributed by atoms with Crippen molar-refractivity contribution >= 4 is 46.2 Å². The van der Waals surface area contributed by atoms with Gasteiger partial charge in [0.1, 0.15) is 30.3 Å². The lowest BCUT2D eigenvalue weighted by Gasteiger charge is -2.11. The van der Waals surface area contributed by atoms with E-state index in [4.69, 9.17) is 33.7 Å². The van der Waals surface area contributed by atoms with Gasteiger partial charge in [-0.15, -0.1) is 0 Å². The Morgan fingerprint density at radius 3 is 2.42 bits per heavy atom. The number of aromatic nitrogens is 1. The van der Waals surface area contributed by atoms with Crippen molar-refractivity contribution in [2.75, 3.05) is 5.73 Å². The highest BCUT2D eigenvalue weighted by molar-refractivity contribution is 6.35. The molecule has 1 aliphatic rings. The molecule has 0 spiro atoms. The van der Waals surface area contributed by atoms with E-state index in [1.165, 1.54) is 0 Å². The molecule has 2 N–H and O–H groups in total. The molecule has 0 radical (unpaired) electrons. The highest BCUT2D eigenvalue weighted by Gasteiger charge is 2.29. The molecule has 0 saturated heterocycles. The molecule has 0 saturated carbocycles. The smallest absolute Gasteiger partial charge is 0.142 e. The number of rotatable bonds is 4. The minimum Gasteiger partial charge on any atom is -0.489 e. The van der Waals surface area contributed by atoms with Crippen LogP contribution in [0, 0.1) is 29.6 Å². The largest absolute Gasteiger partial charge is 0.489 e. The van der Waals surface area contributed by atoms with Crippen molar-refractivity contribution < 1.29 is 4.74 Å². The van der Waals surface area contributed by atoms with Gasteiger partial charge in [-0.3, -0.25) is 0 Å². The first kappa shape index (κ1) is 22.4. The molecule has 0 fully saturated rings. The molecule has 0 unspecified atom stereocenters. The molecule has 33 heavy (non-hydrogen) atoms. The Balaban J connectivity index is 1.64. The van der Waals surface area contributed by atoms with E-state index in [9.17, 15) is 10.5 Å². The number of pyridine rings is 1. The number of nitrogens with two attached hydrogens (primary N) is 1. The standard InChI is InChI=1S/C26H18Cl2N4O/c1-14-20(24-15(2)22(12-30)26(31)32-25(24)21(14)11-29)9-16-3-7-19(8-4-16)33-13-17-5-6-18(27)10-23(17)28/h3-10H,13H2,1-2H3,(H2,31,32)/b20-9+. The molecule has 1 aliphatic carbocycles. The van der Waals surface area contributed by atoms with Gasteiger partial charge in [0.2, 0.25) is 0 Å². The Hall–Kier alpha value is -3.77. The molecule has 1 heterocycles. The monoisotopic (exact) mass is 472 g/mol. The number of anilines is 1. The third-order valence-electron chi connectivity index (χ3n) is 5.58. The van der Waals surface area contributed by atoms with Crippen molar-refractivity contribution in [1.29, 1.82) is 10.5 Å². The van der Waals surface area contributed by atoms with E-state index >= 15 is 0 Å². The van der Waals surface area contributed by atoms with Gasteiger partial charge in [0, 0.05) is 21.2 Å². The molecule has 0 aliphatic heterocycles. The van der Waals surface area contributed by atoms with E-state index in [0.717, 1.165) is 33.4 Å². The lowest BCUT2D eigenvalue weighted by Crippen LogP contribution is -2.03. The van der Waals surface area contributed by atoms with Gasteiger partial charge in [-0.1, -0.05) is 41.4 Å². The Labute approximate surface area is 202 Å². The summed E-state index contributed by atoms with van der Waals surface area (Å²) in [6, 6.07) is 17.2. The summed E-state index contributed by atoms with van der Waals surface area (Å²) >= 11 is 12.1. The predicted octanol–water partition coefficient (Wildman–Crippen LogP) is 6.58. The quantitative estimate of drug-likeness (QED) is 0.462. The van der Waals surface area contributed by atoms with Gasteiger partial charge in [0.15, 0.2) is 0 Å². The maximum atomic E-state index is 9.69. The second kappa shape index (κ2) is 9.00. The Bertz CT molecular complexity index is 1420. The molecular weight excluding hydrogens is 455 g/mol. The van der Waals surface area contributed by atoms with E-state index < -0.39 is 0 Å². The summed E-state index contributed by atoms with van der Waals surface area (Å²) in [5.41, 5.74) is 12.2. The maximum Gasteiger partial charge on any atom is 0.142 e. The maximum absolute atomic E-state index is 9.69. The zero-order valence-electron chi connectivity index (χ0n) is 17.9. The minimum absolute atomic E-state index is 0.137. The lowest BCUT2D eigenvalue weighted by atomic mass is 9.95. The number of ether oxygens (including phenoxy) is 1. The van der Waals surface area contributed by atoms with E-state index in [0.29, 0.717) is 39.2 Å². The highest BCUT2D eigenvalue weighted by Crippen LogP contribution is 2.44. The van der Waals surface area contributed by atoms with Crippen LogP contribution in [-0.4, -0.2) is 4.98 Å². The van der Waals surface area contributed by atoms with Crippen LogP contribution in [-0.2, 0) is 6.61 Å². The number of benzene rings is 2. The topological polar surface area (TPSA) is 95.7 Å². The van der Waals surface area contributed by atoms with Crippen LogP contribution in [0.25, 0.3) is 17.2 Å². The summed E-state index contributed by atoms with van der Waals surface area (Å²) in [6.45, 7) is 4.02. The number of hydrogen-bond donors (Lipinski definition) is 1. The second-order valence-electron chi connectivity index (χ2n) is 7.60. The lowest BCUT2D eigenvalue weighted by molar-refractivity contribution is 0.306. The molecule has 5 nitrogen and oxygen atoms in total. The predicted molar refractivity (Wildman–Crippen MR) is 131 cm³/mol. The molecule has 162 valence electrons. The molecule has 2 aromatic carbocycles. The third-order valence-corrected chi connectivity index (χ3v) is 6.17. The average molecular weight is 473 g/mol. The van der Waals surface area contributed by atoms with Crippen LogP contribution in [0.2, 0.25) is 10.0 Å². The second-order valence-corrected chi connectivity index (χ2v) is 8.44. The first-order valence-corrected chi connectivity index (χ1v) is 10.8. The van der Waals surface area contributed by atoms with Crippen LogP contribution in [0.1, 0.15) is 40.4 Å². The normalized spacial score (nSPS) is 13.6. The van der Waals surface area contributed by atoms with Crippen molar-refractivity contribution in [3.8, 4) is 17.9 Å². The van der Waals surface area contributed by atoms with Gasteiger partial charge in [-0.05, 0) is 66.5 Å². The van der Waals surface area contributed by atoms with Crippen molar-refractivity contribution in [3.05, 3.63) is 91.6 Å². The van der Waals surface area contributed by atoms with E-state index in [1.807, 2.05) is 50.3 Å². The van der Waals surface area contributed by atoms with Crippen molar-refractivity contribution in [1.82, 2.24) is 4.98 Å². The van der Waals surface area contributed by atoms with E-state index in [1.54, 1.807) is 12.1 Å². The fourth-order valence-corrected chi connectivity index (χ4v) is 4.29. The highest BCUT2D eigenvalue weighted by atomic mass is 35.5. The average Bonchev–Trinajstić information content (AvgIpc) is 3.05. The van der Waals surface area contributed by atoms with Crippen LogP contribution in [0.4, 0.5) is 5.82 Å². The van der Waals surface area contributed by atoms with Gasteiger partial charge >= 0.3 is 0 Å². The van der Waals surface area contributed by atoms with Crippen molar-refractivity contribution in [2.24, 2.45) is 0 Å². The fourth-order valence-electron chi connectivity index (χ4n) is 3.82. The Morgan fingerprint density at radius 1 is 1.06 bits per heavy atom. The first-order valence-electron chi connectivity index (χ1n) is 10.0. The van der Waals surface area contributed by atoms with Crippen LogP contribution < -0.4 is 10.5 Å². The Kier molecular flexibility index (Phi) is 6.11. The molecule has 0 atom stereocenters. The molecule has 3 aromatic rings.